The number of nitrogen functional groups attached to an aromatic ring is 1. The van der Waals surface area contributed by atoms with Crippen molar-refractivity contribution in [3.8, 4) is 5.75 Å². The van der Waals surface area contributed by atoms with Gasteiger partial charge < -0.3 is 16.2 Å². The molecule has 2 fully saturated rings. The summed E-state index contributed by atoms with van der Waals surface area (Å²) in [6, 6.07) is 5.12. The lowest BCUT2D eigenvalue weighted by Gasteiger charge is -2.22. The first kappa shape index (κ1) is 12.3. The lowest BCUT2D eigenvalue weighted by molar-refractivity contribution is 0.0994. The van der Waals surface area contributed by atoms with Crippen LogP contribution in [0.4, 0.5) is 5.69 Å². The van der Waals surface area contributed by atoms with Crippen molar-refractivity contribution in [2.45, 2.75) is 25.7 Å². The Kier molecular flexibility index (Phi) is 3.09. The summed E-state index contributed by atoms with van der Waals surface area (Å²) in [5.41, 5.74) is 12.1. The second kappa shape index (κ2) is 4.76. The summed E-state index contributed by atoms with van der Waals surface area (Å²) >= 11 is 0. The molecule has 1 aromatic carbocycles. The van der Waals surface area contributed by atoms with Crippen molar-refractivity contribution in [1.82, 2.24) is 0 Å². The highest BCUT2D eigenvalue weighted by atomic mass is 16.5. The molecule has 102 valence electrons. The van der Waals surface area contributed by atoms with Crippen LogP contribution in [-0.2, 0) is 0 Å². The lowest BCUT2D eigenvalue weighted by atomic mass is 9.89. The van der Waals surface area contributed by atoms with E-state index in [4.69, 9.17) is 16.2 Å². The number of ether oxygens (including phenoxy) is 1. The fourth-order valence-electron chi connectivity index (χ4n) is 3.68. The molecule has 0 heterocycles. The molecule has 3 unspecified atom stereocenters. The van der Waals surface area contributed by atoms with Crippen LogP contribution in [0.15, 0.2) is 18.2 Å². The van der Waals surface area contributed by atoms with Crippen molar-refractivity contribution >= 4 is 11.6 Å². The van der Waals surface area contributed by atoms with Gasteiger partial charge in [0.1, 0.15) is 0 Å². The summed E-state index contributed by atoms with van der Waals surface area (Å²) in [5, 5.41) is 0. The molecule has 4 N–H and O–H groups in total. The molecule has 3 atom stereocenters. The van der Waals surface area contributed by atoms with Crippen LogP contribution < -0.4 is 16.2 Å². The minimum atomic E-state index is -0.491. The Balaban J connectivity index is 1.71. The normalized spacial score (nSPS) is 28.5. The van der Waals surface area contributed by atoms with E-state index in [2.05, 4.69) is 0 Å². The number of fused-ring (bicyclic) bond motifs is 2. The number of primary amides is 1. The summed E-state index contributed by atoms with van der Waals surface area (Å²) in [4.78, 5) is 11.4. The average molecular weight is 260 g/mol. The van der Waals surface area contributed by atoms with Gasteiger partial charge in [0.2, 0.25) is 0 Å². The van der Waals surface area contributed by atoms with Crippen LogP contribution in [-0.4, -0.2) is 12.5 Å². The van der Waals surface area contributed by atoms with Crippen molar-refractivity contribution in [2.24, 2.45) is 23.5 Å². The molecule has 0 radical (unpaired) electrons. The van der Waals surface area contributed by atoms with Gasteiger partial charge in [-0.05, 0) is 49.1 Å². The molecule has 4 heteroatoms. The number of para-hydroxylation sites is 1. The standard InChI is InChI=1S/C15H20N2O2/c16-13-3-1-2-12(15(17)18)14(13)19-8-11-7-9-4-5-10(11)6-9/h1-3,9-11H,4-8,16H2,(H2,17,18). The van der Waals surface area contributed by atoms with Crippen molar-refractivity contribution < 1.29 is 9.53 Å². The number of anilines is 1. The van der Waals surface area contributed by atoms with Gasteiger partial charge in [-0.15, -0.1) is 0 Å². The van der Waals surface area contributed by atoms with Crippen LogP contribution in [0.3, 0.4) is 0 Å². The Morgan fingerprint density at radius 3 is 2.79 bits per heavy atom. The fraction of sp³-hybridized carbons (Fsp3) is 0.533. The number of carbonyl (C=O) groups is 1. The maximum atomic E-state index is 11.4. The molecule has 1 aromatic rings. The quantitative estimate of drug-likeness (QED) is 0.814. The average Bonchev–Trinajstić information content (AvgIpc) is 2.99. The van der Waals surface area contributed by atoms with Gasteiger partial charge in [0, 0.05) is 0 Å². The second-order valence-corrected chi connectivity index (χ2v) is 5.83. The molecular weight excluding hydrogens is 240 g/mol. The van der Waals surface area contributed by atoms with Gasteiger partial charge in [-0.3, -0.25) is 4.79 Å². The highest BCUT2D eigenvalue weighted by Gasteiger charge is 2.39. The van der Waals surface area contributed by atoms with E-state index in [1.807, 2.05) is 0 Å². The molecule has 19 heavy (non-hydrogen) atoms. The Morgan fingerprint density at radius 2 is 2.16 bits per heavy atom. The summed E-state index contributed by atoms with van der Waals surface area (Å²) < 4.78 is 5.84. The third-order valence-electron chi connectivity index (χ3n) is 4.64. The van der Waals surface area contributed by atoms with E-state index < -0.39 is 5.91 Å². The van der Waals surface area contributed by atoms with Crippen molar-refractivity contribution in [2.75, 3.05) is 12.3 Å². The topological polar surface area (TPSA) is 78.3 Å². The molecule has 3 rings (SSSR count). The van der Waals surface area contributed by atoms with Gasteiger partial charge in [0.25, 0.3) is 5.91 Å². The maximum absolute atomic E-state index is 11.4. The lowest BCUT2D eigenvalue weighted by Crippen LogP contribution is -2.21. The maximum Gasteiger partial charge on any atom is 0.252 e. The Hall–Kier alpha value is -1.71. The summed E-state index contributed by atoms with van der Waals surface area (Å²) in [6.07, 6.45) is 5.30. The Bertz CT molecular complexity index is 501. The summed E-state index contributed by atoms with van der Waals surface area (Å²) in [7, 11) is 0. The fourth-order valence-corrected chi connectivity index (χ4v) is 3.68. The third-order valence-corrected chi connectivity index (χ3v) is 4.64. The zero-order chi connectivity index (χ0) is 13.4. The molecular formula is C15H20N2O2. The third kappa shape index (κ3) is 2.27. The SMILES string of the molecule is NC(=O)c1cccc(N)c1OCC1CC2CCC1C2. The van der Waals surface area contributed by atoms with Crippen LogP contribution in [0.2, 0.25) is 0 Å². The number of rotatable bonds is 4. The number of nitrogens with two attached hydrogens (primary N) is 2. The van der Waals surface area contributed by atoms with Crippen LogP contribution in [0, 0.1) is 17.8 Å². The van der Waals surface area contributed by atoms with Crippen molar-refractivity contribution in [1.29, 1.82) is 0 Å². The second-order valence-electron chi connectivity index (χ2n) is 5.83. The number of amides is 1. The zero-order valence-electron chi connectivity index (χ0n) is 11.0. The van der Waals surface area contributed by atoms with E-state index in [1.54, 1.807) is 18.2 Å². The van der Waals surface area contributed by atoms with E-state index >= 15 is 0 Å². The Morgan fingerprint density at radius 1 is 1.32 bits per heavy atom. The summed E-state index contributed by atoms with van der Waals surface area (Å²) in [5.74, 6) is 2.27. The van der Waals surface area contributed by atoms with Gasteiger partial charge in [-0.1, -0.05) is 12.5 Å². The minimum Gasteiger partial charge on any atom is -0.490 e. The molecule has 2 aliphatic rings. The van der Waals surface area contributed by atoms with E-state index in [-0.39, 0.29) is 0 Å². The smallest absolute Gasteiger partial charge is 0.252 e. The summed E-state index contributed by atoms with van der Waals surface area (Å²) in [6.45, 7) is 0.648. The van der Waals surface area contributed by atoms with Crippen LogP contribution in [0.1, 0.15) is 36.0 Å². The van der Waals surface area contributed by atoms with E-state index in [0.717, 1.165) is 11.8 Å². The van der Waals surface area contributed by atoms with E-state index in [1.165, 1.54) is 25.7 Å². The number of carbonyl (C=O) groups excluding carboxylic acids is 1. The van der Waals surface area contributed by atoms with E-state index in [0.29, 0.717) is 29.5 Å². The molecule has 0 aromatic heterocycles. The van der Waals surface area contributed by atoms with Crippen molar-refractivity contribution in [3.05, 3.63) is 23.8 Å². The number of hydrogen-bond acceptors (Lipinski definition) is 3. The van der Waals surface area contributed by atoms with Gasteiger partial charge in [-0.2, -0.15) is 0 Å². The molecule has 1 amide bonds. The Labute approximate surface area is 113 Å². The molecule has 0 saturated heterocycles. The van der Waals surface area contributed by atoms with Gasteiger partial charge >= 0.3 is 0 Å². The number of hydrogen-bond donors (Lipinski definition) is 2. The first-order valence-corrected chi connectivity index (χ1v) is 6.96. The zero-order valence-corrected chi connectivity index (χ0v) is 11.0. The molecule has 0 aliphatic heterocycles. The highest BCUT2D eigenvalue weighted by molar-refractivity contribution is 5.97. The van der Waals surface area contributed by atoms with Crippen LogP contribution >= 0.6 is 0 Å². The van der Waals surface area contributed by atoms with Gasteiger partial charge in [-0.25, -0.2) is 0 Å². The van der Waals surface area contributed by atoms with Gasteiger partial charge in [0.15, 0.2) is 5.75 Å². The first-order valence-electron chi connectivity index (χ1n) is 6.96. The molecule has 0 spiro atoms. The monoisotopic (exact) mass is 260 g/mol. The number of benzene rings is 1. The van der Waals surface area contributed by atoms with Crippen LogP contribution in [0.5, 0.6) is 5.75 Å². The predicted octanol–water partition coefficient (Wildman–Crippen LogP) is 2.18. The molecule has 2 bridgehead atoms. The molecule has 4 nitrogen and oxygen atoms in total. The van der Waals surface area contributed by atoms with Gasteiger partial charge in [0.05, 0.1) is 17.9 Å². The van der Waals surface area contributed by atoms with Crippen molar-refractivity contribution in [3.63, 3.8) is 0 Å². The minimum absolute atomic E-state index is 0.378. The predicted molar refractivity (Wildman–Crippen MR) is 73.8 cm³/mol. The highest BCUT2D eigenvalue weighted by Crippen LogP contribution is 2.48. The van der Waals surface area contributed by atoms with Crippen LogP contribution in [0.25, 0.3) is 0 Å². The molecule has 2 saturated carbocycles. The first-order chi connectivity index (χ1) is 9.15. The molecule has 2 aliphatic carbocycles. The largest absolute Gasteiger partial charge is 0.490 e. The van der Waals surface area contributed by atoms with E-state index in [9.17, 15) is 4.79 Å².